The minimum atomic E-state index is 0.228. The maximum absolute atomic E-state index is 5.65. The number of nitrogens with one attached hydrogen (secondary N) is 1. The van der Waals surface area contributed by atoms with Gasteiger partial charge in [0.25, 0.3) is 0 Å². The van der Waals surface area contributed by atoms with Crippen molar-refractivity contribution in [3.05, 3.63) is 47.2 Å². The summed E-state index contributed by atoms with van der Waals surface area (Å²) in [7, 11) is 0. The highest BCUT2D eigenvalue weighted by molar-refractivity contribution is 5.23. The van der Waals surface area contributed by atoms with E-state index in [1.807, 2.05) is 6.26 Å². The number of hydrogen-bond acceptors (Lipinski definition) is 3. The first-order chi connectivity index (χ1) is 8.79. The second-order valence-corrected chi connectivity index (χ2v) is 4.91. The third-order valence-corrected chi connectivity index (χ3v) is 3.42. The van der Waals surface area contributed by atoms with Crippen molar-refractivity contribution in [1.82, 2.24) is 5.43 Å². The number of aryl methyl sites for hydroxylation is 2. The van der Waals surface area contributed by atoms with E-state index in [0.29, 0.717) is 0 Å². The molecule has 3 nitrogen and oxygen atoms in total. The zero-order chi connectivity index (χ0) is 12.8. The molecule has 1 aromatic carbocycles. The van der Waals surface area contributed by atoms with Gasteiger partial charge in [0.15, 0.2) is 0 Å². The van der Waals surface area contributed by atoms with Crippen LogP contribution in [-0.4, -0.2) is 12.6 Å². The van der Waals surface area contributed by atoms with Gasteiger partial charge in [-0.05, 0) is 43.7 Å². The number of benzene rings is 1. The highest BCUT2D eigenvalue weighted by atomic mass is 16.5. The Balaban J connectivity index is 1.92. The topological polar surface area (TPSA) is 47.3 Å². The molecular weight excluding hydrogens is 224 g/mol. The predicted octanol–water partition coefficient (Wildman–Crippen LogP) is 2.45. The zero-order valence-electron chi connectivity index (χ0n) is 11.0. The molecule has 98 valence electrons. The summed E-state index contributed by atoms with van der Waals surface area (Å²) in [5, 5.41) is 0. The van der Waals surface area contributed by atoms with Crippen LogP contribution in [-0.2, 0) is 11.2 Å². The highest BCUT2D eigenvalue weighted by Crippen LogP contribution is 2.19. The van der Waals surface area contributed by atoms with E-state index in [-0.39, 0.29) is 6.04 Å². The first kappa shape index (κ1) is 13.1. The Kier molecular flexibility index (Phi) is 4.79. The third-order valence-electron chi connectivity index (χ3n) is 3.42. The second kappa shape index (κ2) is 6.57. The van der Waals surface area contributed by atoms with Gasteiger partial charge in [0.2, 0.25) is 0 Å². The summed E-state index contributed by atoms with van der Waals surface area (Å²) in [6, 6.07) is 8.87. The van der Waals surface area contributed by atoms with Crippen molar-refractivity contribution < 1.29 is 4.74 Å². The summed E-state index contributed by atoms with van der Waals surface area (Å²) < 4.78 is 5.38. The molecule has 0 spiro atoms. The molecule has 1 unspecified atom stereocenters. The maximum atomic E-state index is 5.65. The van der Waals surface area contributed by atoms with E-state index in [0.717, 1.165) is 32.3 Å². The van der Waals surface area contributed by atoms with E-state index in [9.17, 15) is 0 Å². The Morgan fingerprint density at radius 1 is 1.44 bits per heavy atom. The molecule has 0 aromatic heterocycles. The summed E-state index contributed by atoms with van der Waals surface area (Å²) in [6.45, 7) is 2.96. The largest absolute Gasteiger partial charge is 0.501 e. The van der Waals surface area contributed by atoms with E-state index >= 15 is 0 Å². The summed E-state index contributed by atoms with van der Waals surface area (Å²) >= 11 is 0. The Bertz CT molecular complexity index is 415. The lowest BCUT2D eigenvalue weighted by Gasteiger charge is -2.22. The fourth-order valence-electron chi connectivity index (χ4n) is 2.40. The highest BCUT2D eigenvalue weighted by Gasteiger charge is 2.15. The smallest absolute Gasteiger partial charge is 0.0876 e. The van der Waals surface area contributed by atoms with Gasteiger partial charge in [-0.3, -0.25) is 11.3 Å². The van der Waals surface area contributed by atoms with Crippen LogP contribution in [0.5, 0.6) is 0 Å². The number of hydrazine groups is 1. The summed E-state index contributed by atoms with van der Waals surface area (Å²) in [5.74, 6) is 5.65. The average molecular weight is 246 g/mol. The molecule has 1 aliphatic heterocycles. The van der Waals surface area contributed by atoms with Gasteiger partial charge >= 0.3 is 0 Å². The summed E-state index contributed by atoms with van der Waals surface area (Å²) in [4.78, 5) is 0. The van der Waals surface area contributed by atoms with Gasteiger partial charge in [-0.15, -0.1) is 0 Å². The van der Waals surface area contributed by atoms with E-state index < -0.39 is 0 Å². The fourth-order valence-corrected chi connectivity index (χ4v) is 2.40. The molecule has 2 rings (SSSR count). The van der Waals surface area contributed by atoms with Crippen molar-refractivity contribution in [1.29, 1.82) is 0 Å². The van der Waals surface area contributed by atoms with E-state index in [2.05, 4.69) is 36.6 Å². The molecule has 1 atom stereocenters. The number of rotatable bonds is 5. The minimum absolute atomic E-state index is 0.228. The summed E-state index contributed by atoms with van der Waals surface area (Å²) in [6.07, 6.45) is 6.10. The number of hydrogen-bond donors (Lipinski definition) is 2. The molecule has 3 heteroatoms. The van der Waals surface area contributed by atoms with Crippen molar-refractivity contribution >= 4 is 0 Å². The van der Waals surface area contributed by atoms with Crippen LogP contribution in [0.3, 0.4) is 0 Å². The quantitative estimate of drug-likeness (QED) is 0.619. The molecule has 1 aliphatic rings. The molecule has 0 radical (unpaired) electrons. The maximum Gasteiger partial charge on any atom is 0.0876 e. The molecule has 0 bridgehead atoms. The molecule has 18 heavy (non-hydrogen) atoms. The van der Waals surface area contributed by atoms with Gasteiger partial charge in [0, 0.05) is 6.04 Å². The molecule has 1 aromatic rings. The Labute approximate surface area is 109 Å². The lowest BCUT2D eigenvalue weighted by Crippen LogP contribution is -2.37. The predicted molar refractivity (Wildman–Crippen MR) is 73.9 cm³/mol. The summed E-state index contributed by atoms with van der Waals surface area (Å²) in [5.41, 5.74) is 6.87. The zero-order valence-corrected chi connectivity index (χ0v) is 11.0. The molecular formula is C15H22N2O. The molecule has 0 saturated heterocycles. The normalized spacial score (nSPS) is 16.9. The lowest BCUT2D eigenvalue weighted by atomic mass is 9.96. The molecule has 0 saturated carbocycles. The Morgan fingerprint density at radius 3 is 3.00 bits per heavy atom. The molecule has 3 N–H and O–H groups in total. The first-order valence-corrected chi connectivity index (χ1v) is 6.62. The SMILES string of the molecule is Cc1cccc(CCC(NN)C2=COCCC2)c1. The van der Waals surface area contributed by atoms with Gasteiger partial charge in [0.1, 0.15) is 0 Å². The van der Waals surface area contributed by atoms with Crippen LogP contribution in [0.25, 0.3) is 0 Å². The van der Waals surface area contributed by atoms with Crippen LogP contribution < -0.4 is 11.3 Å². The van der Waals surface area contributed by atoms with Gasteiger partial charge < -0.3 is 4.74 Å². The average Bonchev–Trinajstić information content (AvgIpc) is 2.41. The van der Waals surface area contributed by atoms with Crippen molar-refractivity contribution in [2.24, 2.45) is 5.84 Å². The van der Waals surface area contributed by atoms with Crippen molar-refractivity contribution in [3.63, 3.8) is 0 Å². The Hall–Kier alpha value is -1.32. The van der Waals surface area contributed by atoms with Crippen LogP contribution in [0.2, 0.25) is 0 Å². The Morgan fingerprint density at radius 2 is 2.33 bits per heavy atom. The number of nitrogens with two attached hydrogens (primary N) is 1. The van der Waals surface area contributed by atoms with Gasteiger partial charge in [-0.2, -0.15) is 0 Å². The molecule has 0 aliphatic carbocycles. The van der Waals surface area contributed by atoms with Gasteiger partial charge in [0.05, 0.1) is 12.9 Å². The molecule has 0 amide bonds. The van der Waals surface area contributed by atoms with E-state index in [1.54, 1.807) is 0 Å². The number of ether oxygens (including phenoxy) is 1. The minimum Gasteiger partial charge on any atom is -0.501 e. The van der Waals surface area contributed by atoms with Crippen LogP contribution in [0, 0.1) is 6.92 Å². The molecule has 0 fully saturated rings. The lowest BCUT2D eigenvalue weighted by molar-refractivity contribution is 0.218. The first-order valence-electron chi connectivity index (χ1n) is 6.62. The molecule has 1 heterocycles. The van der Waals surface area contributed by atoms with Crippen LogP contribution >= 0.6 is 0 Å². The monoisotopic (exact) mass is 246 g/mol. The van der Waals surface area contributed by atoms with Gasteiger partial charge in [-0.1, -0.05) is 29.8 Å². The van der Waals surface area contributed by atoms with Crippen LogP contribution in [0.4, 0.5) is 0 Å². The standard InChI is InChI=1S/C15H22N2O/c1-12-4-2-5-13(10-12)7-8-15(17-16)14-6-3-9-18-11-14/h2,4-5,10-11,15,17H,3,6-9,16H2,1H3. The van der Waals surface area contributed by atoms with Crippen molar-refractivity contribution in [2.75, 3.05) is 6.61 Å². The second-order valence-electron chi connectivity index (χ2n) is 4.91. The van der Waals surface area contributed by atoms with Crippen LogP contribution in [0.1, 0.15) is 30.4 Å². The van der Waals surface area contributed by atoms with E-state index in [1.165, 1.54) is 16.7 Å². The van der Waals surface area contributed by atoms with Crippen molar-refractivity contribution in [3.8, 4) is 0 Å². The fraction of sp³-hybridized carbons (Fsp3) is 0.467. The van der Waals surface area contributed by atoms with Gasteiger partial charge in [-0.25, -0.2) is 0 Å². The third kappa shape index (κ3) is 3.59. The van der Waals surface area contributed by atoms with E-state index in [4.69, 9.17) is 10.6 Å². The van der Waals surface area contributed by atoms with Crippen LogP contribution in [0.15, 0.2) is 36.1 Å². The van der Waals surface area contributed by atoms with Crippen molar-refractivity contribution in [2.45, 2.75) is 38.6 Å².